The summed E-state index contributed by atoms with van der Waals surface area (Å²) in [6.45, 7) is 1.31. The number of aliphatic carboxylic acids is 1. The van der Waals surface area contributed by atoms with Gasteiger partial charge in [-0.3, -0.25) is 4.79 Å². The number of carboxylic acid groups (broad SMARTS) is 1. The van der Waals surface area contributed by atoms with E-state index in [0.717, 1.165) is 12.8 Å². The Morgan fingerprint density at radius 2 is 2.17 bits per heavy atom. The fourth-order valence-electron chi connectivity index (χ4n) is 1.48. The van der Waals surface area contributed by atoms with Gasteiger partial charge in [0.25, 0.3) is 0 Å². The lowest BCUT2D eigenvalue weighted by Crippen LogP contribution is -2.31. The molecule has 1 saturated heterocycles. The van der Waals surface area contributed by atoms with Crippen LogP contribution in [0.15, 0.2) is 0 Å². The summed E-state index contributed by atoms with van der Waals surface area (Å²) >= 11 is 0. The van der Waals surface area contributed by atoms with E-state index in [9.17, 15) is 4.79 Å². The minimum Gasteiger partial charge on any atom is -0.481 e. The van der Waals surface area contributed by atoms with E-state index in [1.165, 1.54) is 0 Å². The van der Waals surface area contributed by atoms with Crippen molar-refractivity contribution in [3.05, 3.63) is 0 Å². The molecule has 0 aromatic heterocycles. The second-order valence-electron chi connectivity index (χ2n) is 3.21. The highest BCUT2D eigenvalue weighted by Crippen LogP contribution is 2.18. The summed E-state index contributed by atoms with van der Waals surface area (Å²) in [6, 6.07) is -0.0106. The highest BCUT2D eigenvalue weighted by atomic mass is 16.5. The summed E-state index contributed by atoms with van der Waals surface area (Å²) in [5.74, 6) is -0.678. The van der Waals surface area contributed by atoms with Gasteiger partial charge in [0.1, 0.15) is 0 Å². The van der Waals surface area contributed by atoms with E-state index in [1.54, 1.807) is 0 Å². The second kappa shape index (κ2) is 4.42. The van der Waals surface area contributed by atoms with E-state index < -0.39 is 5.97 Å². The first-order chi connectivity index (χ1) is 5.70. The van der Waals surface area contributed by atoms with Gasteiger partial charge in [-0.05, 0) is 18.8 Å². The predicted molar refractivity (Wildman–Crippen MR) is 43.8 cm³/mol. The molecule has 0 unspecified atom stereocenters. The first-order valence-corrected chi connectivity index (χ1v) is 4.25. The molecule has 0 radical (unpaired) electrons. The van der Waals surface area contributed by atoms with Crippen LogP contribution in [-0.4, -0.2) is 30.3 Å². The Hall–Kier alpha value is -0.610. The Morgan fingerprint density at radius 3 is 2.83 bits per heavy atom. The van der Waals surface area contributed by atoms with Gasteiger partial charge in [0.05, 0.1) is 0 Å². The molecule has 0 aromatic carbocycles. The van der Waals surface area contributed by atoms with Gasteiger partial charge in [0.2, 0.25) is 0 Å². The molecular formula is C8H15NO3. The summed E-state index contributed by atoms with van der Waals surface area (Å²) in [6.07, 6.45) is 1.72. The summed E-state index contributed by atoms with van der Waals surface area (Å²) in [7, 11) is 0. The van der Waals surface area contributed by atoms with Crippen LogP contribution >= 0.6 is 0 Å². The van der Waals surface area contributed by atoms with E-state index in [0.29, 0.717) is 13.2 Å². The normalized spacial score (nSPS) is 31.1. The Morgan fingerprint density at radius 1 is 1.50 bits per heavy atom. The largest absolute Gasteiger partial charge is 0.481 e. The molecule has 0 saturated carbocycles. The van der Waals surface area contributed by atoms with Crippen LogP contribution in [0, 0.1) is 5.92 Å². The number of hydrogen-bond acceptors (Lipinski definition) is 3. The van der Waals surface area contributed by atoms with Crippen molar-refractivity contribution >= 4 is 5.97 Å². The third-order valence-corrected chi connectivity index (χ3v) is 2.27. The van der Waals surface area contributed by atoms with E-state index in [1.807, 2.05) is 0 Å². The maximum absolute atomic E-state index is 10.4. The third kappa shape index (κ3) is 2.79. The van der Waals surface area contributed by atoms with Crippen molar-refractivity contribution in [2.45, 2.75) is 25.3 Å². The standard InChI is InChI=1S/C8H15NO3/c9-7-2-4-12-3-1-6(7)5-8(10)11/h6-7H,1-5,9H2,(H,10,11)/t6-,7-/m1/s1. The monoisotopic (exact) mass is 173 g/mol. The number of nitrogens with two attached hydrogens (primary N) is 1. The van der Waals surface area contributed by atoms with Crippen LogP contribution in [-0.2, 0) is 9.53 Å². The van der Waals surface area contributed by atoms with Crippen LogP contribution in [0.1, 0.15) is 19.3 Å². The van der Waals surface area contributed by atoms with E-state index in [4.69, 9.17) is 15.6 Å². The summed E-state index contributed by atoms with van der Waals surface area (Å²) in [4.78, 5) is 10.4. The van der Waals surface area contributed by atoms with Crippen LogP contribution in [0.3, 0.4) is 0 Å². The van der Waals surface area contributed by atoms with Gasteiger partial charge in [-0.25, -0.2) is 0 Å². The molecule has 1 heterocycles. The van der Waals surface area contributed by atoms with Crippen molar-refractivity contribution in [3.63, 3.8) is 0 Å². The Bertz CT molecular complexity index is 160. The SMILES string of the molecule is N[C@@H]1CCOCC[C@@H]1CC(=O)O. The molecule has 0 spiro atoms. The maximum Gasteiger partial charge on any atom is 0.303 e. The highest BCUT2D eigenvalue weighted by molar-refractivity contribution is 5.67. The van der Waals surface area contributed by atoms with Gasteiger partial charge in [0.15, 0.2) is 0 Å². The fourth-order valence-corrected chi connectivity index (χ4v) is 1.48. The van der Waals surface area contributed by atoms with Gasteiger partial charge in [-0.15, -0.1) is 0 Å². The van der Waals surface area contributed by atoms with Crippen molar-refractivity contribution in [3.8, 4) is 0 Å². The third-order valence-electron chi connectivity index (χ3n) is 2.27. The van der Waals surface area contributed by atoms with Crippen LogP contribution in [0.2, 0.25) is 0 Å². The molecule has 3 N–H and O–H groups in total. The van der Waals surface area contributed by atoms with Crippen molar-refractivity contribution in [1.82, 2.24) is 0 Å². The molecule has 1 aliphatic rings. The zero-order valence-corrected chi connectivity index (χ0v) is 7.03. The van der Waals surface area contributed by atoms with Gasteiger partial charge in [-0.1, -0.05) is 0 Å². The van der Waals surface area contributed by atoms with Crippen molar-refractivity contribution in [1.29, 1.82) is 0 Å². The average Bonchev–Trinajstić information content (AvgIpc) is 2.16. The molecule has 0 aliphatic carbocycles. The van der Waals surface area contributed by atoms with Crippen LogP contribution in [0.25, 0.3) is 0 Å². The second-order valence-corrected chi connectivity index (χ2v) is 3.21. The van der Waals surface area contributed by atoms with Crippen LogP contribution in [0.5, 0.6) is 0 Å². The molecule has 1 aliphatic heterocycles. The lowest BCUT2D eigenvalue weighted by molar-refractivity contribution is -0.138. The molecule has 0 bridgehead atoms. The number of rotatable bonds is 2. The average molecular weight is 173 g/mol. The number of hydrogen-bond donors (Lipinski definition) is 2. The summed E-state index contributed by atoms with van der Waals surface area (Å²) < 4.78 is 5.20. The quantitative estimate of drug-likeness (QED) is 0.626. The summed E-state index contributed by atoms with van der Waals surface area (Å²) in [5, 5.41) is 8.58. The molecule has 4 heteroatoms. The van der Waals surface area contributed by atoms with Gasteiger partial charge >= 0.3 is 5.97 Å². The minimum absolute atomic E-state index is 0.0106. The molecule has 0 aromatic rings. The fraction of sp³-hybridized carbons (Fsp3) is 0.875. The van der Waals surface area contributed by atoms with Gasteiger partial charge < -0.3 is 15.6 Å². The Kier molecular flexibility index (Phi) is 3.49. The minimum atomic E-state index is -0.766. The molecule has 1 fully saturated rings. The molecule has 2 atom stereocenters. The van der Waals surface area contributed by atoms with Crippen molar-refractivity contribution in [2.75, 3.05) is 13.2 Å². The number of ether oxygens (including phenoxy) is 1. The zero-order valence-electron chi connectivity index (χ0n) is 7.03. The van der Waals surface area contributed by atoms with Crippen molar-refractivity contribution in [2.24, 2.45) is 11.7 Å². The number of carbonyl (C=O) groups is 1. The zero-order chi connectivity index (χ0) is 8.97. The van der Waals surface area contributed by atoms with Crippen molar-refractivity contribution < 1.29 is 14.6 Å². The van der Waals surface area contributed by atoms with E-state index in [2.05, 4.69) is 0 Å². The Balaban J connectivity index is 2.41. The van der Waals surface area contributed by atoms with Crippen LogP contribution in [0.4, 0.5) is 0 Å². The first kappa shape index (κ1) is 9.48. The van der Waals surface area contributed by atoms with E-state index >= 15 is 0 Å². The van der Waals surface area contributed by atoms with Gasteiger partial charge in [0, 0.05) is 25.7 Å². The lowest BCUT2D eigenvalue weighted by atomic mass is 9.92. The smallest absolute Gasteiger partial charge is 0.303 e. The Labute approximate surface area is 71.7 Å². The molecule has 12 heavy (non-hydrogen) atoms. The lowest BCUT2D eigenvalue weighted by Gasteiger charge is -2.17. The highest BCUT2D eigenvalue weighted by Gasteiger charge is 2.22. The molecule has 70 valence electrons. The van der Waals surface area contributed by atoms with E-state index in [-0.39, 0.29) is 18.4 Å². The topological polar surface area (TPSA) is 72.5 Å². The molecule has 0 amide bonds. The molecular weight excluding hydrogens is 158 g/mol. The first-order valence-electron chi connectivity index (χ1n) is 4.25. The maximum atomic E-state index is 10.4. The van der Waals surface area contributed by atoms with Gasteiger partial charge in [-0.2, -0.15) is 0 Å². The number of carboxylic acids is 1. The molecule has 4 nitrogen and oxygen atoms in total. The summed E-state index contributed by atoms with van der Waals surface area (Å²) in [5.41, 5.74) is 5.78. The van der Waals surface area contributed by atoms with Crippen LogP contribution < -0.4 is 5.73 Å². The predicted octanol–water partition coefficient (Wildman–Crippen LogP) is 0.215. The molecule has 1 rings (SSSR count).